The van der Waals surface area contributed by atoms with Crippen LogP contribution in [0, 0.1) is 12.3 Å². The molecule has 9 heteroatoms. The molecule has 2 rings (SSSR count). The van der Waals surface area contributed by atoms with Gasteiger partial charge in [0.05, 0.1) is 23.0 Å². The van der Waals surface area contributed by atoms with Crippen LogP contribution in [-0.4, -0.2) is 33.0 Å². The average Bonchev–Trinajstić information content (AvgIpc) is 2.81. The highest BCUT2D eigenvalue weighted by Crippen LogP contribution is 2.38. The summed E-state index contributed by atoms with van der Waals surface area (Å²) in [5.74, 6) is 1.57. The second-order valence-corrected chi connectivity index (χ2v) is 6.93. The highest BCUT2D eigenvalue weighted by atomic mass is 35.5. The Morgan fingerprint density at radius 2 is 2.30 bits per heavy atom. The number of amides is 1. The summed E-state index contributed by atoms with van der Waals surface area (Å²) in [4.78, 5) is 23.9. The number of carbonyl (C=O) groups is 1. The highest BCUT2D eigenvalue weighted by molar-refractivity contribution is 8.02. The highest BCUT2D eigenvalue weighted by Gasteiger charge is 2.37. The molecule has 1 N–H and O–H groups in total. The van der Waals surface area contributed by atoms with Crippen molar-refractivity contribution in [2.75, 3.05) is 5.32 Å². The minimum absolute atomic E-state index is 0.0384. The van der Waals surface area contributed by atoms with Crippen LogP contribution in [0.2, 0.25) is 0 Å². The molecule has 23 heavy (non-hydrogen) atoms. The minimum atomic E-state index is -2.75. The minimum Gasteiger partial charge on any atom is -0.324 e. The third-order valence-corrected chi connectivity index (χ3v) is 5.03. The number of anilines is 1. The summed E-state index contributed by atoms with van der Waals surface area (Å²) in [6.07, 6.45) is 2.17. The molecule has 0 bridgehead atoms. The number of rotatable bonds is 4. The van der Waals surface area contributed by atoms with E-state index in [1.54, 1.807) is 0 Å². The van der Waals surface area contributed by atoms with Crippen molar-refractivity contribution in [3.63, 3.8) is 0 Å². The van der Waals surface area contributed by atoms with Gasteiger partial charge in [0.2, 0.25) is 5.91 Å². The van der Waals surface area contributed by atoms with Gasteiger partial charge in [0, 0.05) is 12.6 Å². The third kappa shape index (κ3) is 4.24. The Morgan fingerprint density at radius 3 is 2.83 bits per heavy atom. The monoisotopic (exact) mass is 364 g/mol. The molecule has 1 aromatic rings. The largest absolute Gasteiger partial charge is 0.324 e. The van der Waals surface area contributed by atoms with Crippen LogP contribution in [0.4, 0.5) is 18.9 Å². The standard InChI is InChI=1S/C14H12ClF3N2O2S/c1-2-7-3-8(5-20(14(7)22)6-11(17)18)19-13(21)10-4-9(16)12(15)23-10/h1,3,5,9-12H,4,6H2,(H,19,21). The maximum atomic E-state index is 13.4. The first-order valence-corrected chi connectivity index (χ1v) is 7.93. The van der Waals surface area contributed by atoms with Gasteiger partial charge in [-0.2, -0.15) is 0 Å². The van der Waals surface area contributed by atoms with Gasteiger partial charge in [0.25, 0.3) is 12.0 Å². The van der Waals surface area contributed by atoms with Gasteiger partial charge in [-0.25, -0.2) is 13.2 Å². The predicted octanol–water partition coefficient (Wildman–Crippen LogP) is 2.44. The van der Waals surface area contributed by atoms with Crippen LogP contribution >= 0.6 is 23.4 Å². The van der Waals surface area contributed by atoms with E-state index in [1.807, 2.05) is 0 Å². The van der Waals surface area contributed by atoms with Crippen molar-refractivity contribution in [1.29, 1.82) is 0 Å². The summed E-state index contributed by atoms with van der Waals surface area (Å²) in [6.45, 7) is -0.842. The van der Waals surface area contributed by atoms with E-state index >= 15 is 0 Å². The maximum Gasteiger partial charge on any atom is 0.266 e. The van der Waals surface area contributed by atoms with E-state index in [1.165, 1.54) is 6.07 Å². The van der Waals surface area contributed by atoms with Gasteiger partial charge in [-0.05, 0) is 6.07 Å². The van der Waals surface area contributed by atoms with Crippen molar-refractivity contribution in [3.05, 3.63) is 28.2 Å². The van der Waals surface area contributed by atoms with Gasteiger partial charge in [-0.1, -0.05) is 5.92 Å². The molecule has 4 nitrogen and oxygen atoms in total. The van der Waals surface area contributed by atoms with Crippen LogP contribution in [-0.2, 0) is 11.3 Å². The fourth-order valence-electron chi connectivity index (χ4n) is 2.09. The van der Waals surface area contributed by atoms with Crippen LogP contribution in [0.25, 0.3) is 0 Å². The topological polar surface area (TPSA) is 51.1 Å². The Morgan fingerprint density at radius 1 is 1.61 bits per heavy atom. The smallest absolute Gasteiger partial charge is 0.266 e. The van der Waals surface area contributed by atoms with E-state index in [0.29, 0.717) is 0 Å². The molecule has 124 valence electrons. The third-order valence-electron chi connectivity index (χ3n) is 3.15. The summed E-state index contributed by atoms with van der Waals surface area (Å²) >= 11 is 6.69. The number of hydrogen-bond donors (Lipinski definition) is 1. The zero-order chi connectivity index (χ0) is 17.1. The molecule has 1 amide bonds. The Kier molecular flexibility index (Phi) is 5.65. The van der Waals surface area contributed by atoms with E-state index in [9.17, 15) is 22.8 Å². The first-order chi connectivity index (χ1) is 10.8. The first-order valence-electron chi connectivity index (χ1n) is 6.55. The molecule has 0 saturated carbocycles. The average molecular weight is 365 g/mol. The van der Waals surface area contributed by atoms with Crippen molar-refractivity contribution in [1.82, 2.24) is 4.57 Å². The van der Waals surface area contributed by atoms with E-state index in [4.69, 9.17) is 18.0 Å². The molecule has 0 aromatic carbocycles. The van der Waals surface area contributed by atoms with Gasteiger partial charge in [0.1, 0.15) is 10.9 Å². The lowest BCUT2D eigenvalue weighted by Crippen LogP contribution is -2.28. The molecule has 1 aliphatic rings. The van der Waals surface area contributed by atoms with Gasteiger partial charge in [0.15, 0.2) is 0 Å². The van der Waals surface area contributed by atoms with Crippen LogP contribution < -0.4 is 10.9 Å². The predicted molar refractivity (Wildman–Crippen MR) is 83.8 cm³/mol. The summed E-state index contributed by atoms with van der Waals surface area (Å²) in [5, 5.41) is 1.76. The molecular weight excluding hydrogens is 353 g/mol. The SMILES string of the molecule is C#Cc1cc(NC(=O)C2CC(F)C(Cl)S2)cn(CC(F)F)c1=O. The number of aromatic nitrogens is 1. The quantitative estimate of drug-likeness (QED) is 0.659. The molecule has 3 atom stereocenters. The second-order valence-electron chi connectivity index (χ2n) is 4.85. The number of thioether (sulfide) groups is 1. The lowest BCUT2D eigenvalue weighted by Gasteiger charge is -2.13. The van der Waals surface area contributed by atoms with Crippen molar-refractivity contribution in [2.45, 2.75) is 35.5 Å². The summed E-state index contributed by atoms with van der Waals surface area (Å²) in [6, 6.07) is 1.22. The van der Waals surface area contributed by atoms with Crippen LogP contribution in [0.3, 0.4) is 0 Å². The van der Waals surface area contributed by atoms with Crippen molar-refractivity contribution in [3.8, 4) is 12.3 Å². The van der Waals surface area contributed by atoms with Crippen molar-refractivity contribution < 1.29 is 18.0 Å². The first kappa shape index (κ1) is 17.8. The lowest BCUT2D eigenvalue weighted by atomic mass is 10.2. The molecule has 0 aliphatic carbocycles. The number of pyridine rings is 1. The lowest BCUT2D eigenvalue weighted by molar-refractivity contribution is -0.115. The summed E-state index contributed by atoms with van der Waals surface area (Å²) in [5.41, 5.74) is -0.802. The number of halogens is 4. The Bertz CT molecular complexity index is 694. The van der Waals surface area contributed by atoms with Gasteiger partial charge in [-0.3, -0.25) is 9.59 Å². The van der Waals surface area contributed by atoms with E-state index in [0.717, 1.165) is 22.5 Å². The van der Waals surface area contributed by atoms with Crippen molar-refractivity contribution in [2.24, 2.45) is 0 Å². The number of carbonyl (C=O) groups excluding carboxylic acids is 1. The molecule has 1 saturated heterocycles. The molecule has 3 unspecified atom stereocenters. The molecule has 2 heterocycles. The number of nitrogens with one attached hydrogen (secondary N) is 1. The fraction of sp³-hybridized carbons (Fsp3) is 0.429. The molecule has 1 fully saturated rings. The zero-order valence-electron chi connectivity index (χ0n) is 11.6. The summed E-state index contributed by atoms with van der Waals surface area (Å²) in [7, 11) is 0. The van der Waals surface area contributed by atoms with Gasteiger partial charge < -0.3 is 9.88 Å². The van der Waals surface area contributed by atoms with Crippen molar-refractivity contribution >= 4 is 35.0 Å². The molecule has 1 aromatic heterocycles. The fourth-order valence-corrected chi connectivity index (χ4v) is 3.64. The van der Waals surface area contributed by atoms with Crippen LogP contribution in [0.15, 0.2) is 17.1 Å². The van der Waals surface area contributed by atoms with E-state index < -0.39 is 40.6 Å². The number of hydrogen-bond acceptors (Lipinski definition) is 3. The van der Waals surface area contributed by atoms with Crippen LogP contribution in [0.5, 0.6) is 0 Å². The Hall–Kier alpha value is -1.59. The number of nitrogens with zero attached hydrogens (tertiary/aromatic N) is 1. The van der Waals surface area contributed by atoms with E-state index in [-0.39, 0.29) is 17.7 Å². The maximum absolute atomic E-state index is 13.4. The number of terminal acetylenes is 1. The zero-order valence-corrected chi connectivity index (χ0v) is 13.2. The molecule has 0 spiro atoms. The van der Waals surface area contributed by atoms with E-state index in [2.05, 4.69) is 11.2 Å². The molecular formula is C14H12ClF3N2O2S. The second kappa shape index (κ2) is 7.32. The molecule has 1 aliphatic heterocycles. The molecule has 0 radical (unpaired) electrons. The van der Waals surface area contributed by atoms with Crippen LogP contribution in [0.1, 0.15) is 12.0 Å². The normalized spacial score (nSPS) is 23.7. The van der Waals surface area contributed by atoms with Gasteiger partial charge >= 0.3 is 0 Å². The Labute approximate surface area is 139 Å². The van der Waals surface area contributed by atoms with Gasteiger partial charge in [-0.15, -0.1) is 29.8 Å². The summed E-state index contributed by atoms with van der Waals surface area (Å²) < 4.78 is 38.3. The number of alkyl halides is 4. The Balaban J connectivity index is 2.21.